The smallest absolute Gasteiger partial charge is 0.230 e. The molecule has 3 rings (SSSR count). The van der Waals surface area contributed by atoms with E-state index < -0.39 is 0 Å². The highest BCUT2D eigenvalue weighted by atomic mass is 16.3. The van der Waals surface area contributed by atoms with Crippen molar-refractivity contribution in [3.05, 3.63) is 24.3 Å². The van der Waals surface area contributed by atoms with E-state index >= 15 is 0 Å². The van der Waals surface area contributed by atoms with Crippen LogP contribution in [0.5, 0.6) is 5.75 Å². The van der Waals surface area contributed by atoms with Crippen molar-refractivity contribution in [3.63, 3.8) is 0 Å². The number of hydrogen-bond donors (Lipinski definition) is 1. The largest absolute Gasteiger partial charge is 0.506 e. The first-order valence-electron chi connectivity index (χ1n) is 8.73. The van der Waals surface area contributed by atoms with Gasteiger partial charge in [0.05, 0.1) is 11.9 Å². The summed E-state index contributed by atoms with van der Waals surface area (Å²) in [5.74, 6) is 0.210. The molecule has 2 fully saturated rings. The summed E-state index contributed by atoms with van der Waals surface area (Å²) in [7, 11) is 0. The van der Waals surface area contributed by atoms with Gasteiger partial charge >= 0.3 is 0 Å². The van der Waals surface area contributed by atoms with Crippen LogP contribution in [0, 0.1) is 0 Å². The number of rotatable bonds is 4. The zero-order valence-corrected chi connectivity index (χ0v) is 14.1. The highest BCUT2D eigenvalue weighted by Gasteiger charge is 2.36. The second-order valence-electron chi connectivity index (χ2n) is 6.41. The summed E-state index contributed by atoms with van der Waals surface area (Å²) in [4.78, 5) is 30.3. The first-order chi connectivity index (χ1) is 11.6. The van der Waals surface area contributed by atoms with Gasteiger partial charge in [-0.25, -0.2) is 0 Å². The van der Waals surface area contributed by atoms with E-state index in [1.165, 1.54) is 4.90 Å². The molecule has 6 nitrogen and oxygen atoms in total. The predicted molar refractivity (Wildman–Crippen MR) is 91.7 cm³/mol. The molecule has 2 heterocycles. The van der Waals surface area contributed by atoms with Crippen LogP contribution in [-0.2, 0) is 9.59 Å². The Morgan fingerprint density at radius 1 is 1.04 bits per heavy atom. The molecule has 1 N–H and O–H groups in total. The summed E-state index contributed by atoms with van der Waals surface area (Å²) in [6, 6.07) is 7.35. The van der Waals surface area contributed by atoms with E-state index in [2.05, 4.69) is 9.80 Å². The van der Waals surface area contributed by atoms with Gasteiger partial charge in [-0.2, -0.15) is 0 Å². The third kappa shape index (κ3) is 3.24. The Bertz CT molecular complexity index is 595. The van der Waals surface area contributed by atoms with E-state index in [1.54, 1.807) is 6.07 Å². The van der Waals surface area contributed by atoms with Gasteiger partial charge in [0.15, 0.2) is 0 Å². The highest BCUT2D eigenvalue weighted by Crippen LogP contribution is 2.28. The van der Waals surface area contributed by atoms with Crippen molar-refractivity contribution in [2.75, 3.05) is 31.1 Å². The van der Waals surface area contributed by atoms with Gasteiger partial charge in [0.25, 0.3) is 0 Å². The zero-order chi connectivity index (χ0) is 17.1. The molecular weight excluding hydrogens is 306 g/mol. The molecule has 2 saturated heterocycles. The lowest BCUT2D eigenvalue weighted by atomic mass is 10.1. The van der Waals surface area contributed by atoms with Crippen molar-refractivity contribution in [1.82, 2.24) is 9.80 Å². The number of amides is 2. The minimum atomic E-state index is -0.142. The molecule has 0 aliphatic carbocycles. The van der Waals surface area contributed by atoms with Crippen molar-refractivity contribution in [1.29, 1.82) is 0 Å². The van der Waals surface area contributed by atoms with Gasteiger partial charge < -0.3 is 10.0 Å². The molecule has 1 aromatic rings. The fourth-order valence-electron chi connectivity index (χ4n) is 3.70. The van der Waals surface area contributed by atoms with Crippen molar-refractivity contribution in [3.8, 4) is 5.75 Å². The first kappa shape index (κ1) is 16.8. The van der Waals surface area contributed by atoms with Gasteiger partial charge in [-0.1, -0.05) is 19.1 Å². The average molecular weight is 331 g/mol. The number of piperazine rings is 1. The Hall–Kier alpha value is -2.08. The Balaban J connectivity index is 1.67. The molecule has 2 aliphatic rings. The lowest BCUT2D eigenvalue weighted by Gasteiger charge is -2.44. The van der Waals surface area contributed by atoms with Gasteiger partial charge in [0.2, 0.25) is 11.8 Å². The SMILES string of the molecule is CCC(N1CCN(c2ccccc2O)CC1)N1C(=O)CCCC1=O. The second kappa shape index (κ2) is 7.21. The maximum absolute atomic E-state index is 12.2. The number of nitrogens with zero attached hydrogens (tertiary/aromatic N) is 3. The number of para-hydroxylation sites is 2. The van der Waals surface area contributed by atoms with Crippen LogP contribution in [0.2, 0.25) is 0 Å². The molecule has 0 aromatic heterocycles. The van der Waals surface area contributed by atoms with E-state index in [0.717, 1.165) is 38.3 Å². The number of hydrogen-bond acceptors (Lipinski definition) is 5. The van der Waals surface area contributed by atoms with E-state index in [4.69, 9.17) is 0 Å². The normalized spacial score (nSPS) is 21.2. The Labute approximate surface area is 142 Å². The summed E-state index contributed by atoms with van der Waals surface area (Å²) in [5, 5.41) is 10.0. The summed E-state index contributed by atoms with van der Waals surface area (Å²) >= 11 is 0. The molecule has 1 aromatic carbocycles. The molecule has 130 valence electrons. The monoisotopic (exact) mass is 331 g/mol. The van der Waals surface area contributed by atoms with Crippen molar-refractivity contribution in [2.45, 2.75) is 38.8 Å². The quantitative estimate of drug-likeness (QED) is 0.852. The molecule has 2 amide bonds. The minimum absolute atomic E-state index is 0.0405. The molecule has 1 unspecified atom stereocenters. The van der Waals surface area contributed by atoms with Gasteiger partial charge in [-0.05, 0) is 25.0 Å². The maximum atomic E-state index is 12.2. The van der Waals surface area contributed by atoms with Crippen LogP contribution in [0.25, 0.3) is 0 Å². The van der Waals surface area contributed by atoms with Crippen LogP contribution < -0.4 is 4.90 Å². The summed E-state index contributed by atoms with van der Waals surface area (Å²) < 4.78 is 0. The van der Waals surface area contributed by atoms with Crippen molar-refractivity contribution < 1.29 is 14.7 Å². The topological polar surface area (TPSA) is 64.1 Å². The van der Waals surface area contributed by atoms with Crippen LogP contribution in [0.1, 0.15) is 32.6 Å². The predicted octanol–water partition coefficient (Wildman–Crippen LogP) is 1.79. The van der Waals surface area contributed by atoms with Crippen LogP contribution in [-0.4, -0.2) is 59.1 Å². The van der Waals surface area contributed by atoms with Gasteiger partial charge in [0, 0.05) is 39.0 Å². The van der Waals surface area contributed by atoms with E-state index in [-0.39, 0.29) is 18.0 Å². The molecule has 6 heteroatoms. The molecular formula is C18H25N3O3. The van der Waals surface area contributed by atoms with Crippen LogP contribution >= 0.6 is 0 Å². The standard InChI is InChI=1S/C18H25N3O3/c1-2-16(21-17(23)8-5-9-18(21)24)20-12-10-19(11-13-20)14-6-3-4-7-15(14)22/h3-4,6-7,16,22H,2,5,8-13H2,1H3. The molecule has 2 aliphatic heterocycles. The minimum Gasteiger partial charge on any atom is -0.506 e. The molecule has 24 heavy (non-hydrogen) atoms. The molecule has 0 saturated carbocycles. The van der Waals surface area contributed by atoms with Crippen LogP contribution in [0.3, 0.4) is 0 Å². The Morgan fingerprint density at radius 3 is 2.25 bits per heavy atom. The van der Waals surface area contributed by atoms with Crippen LogP contribution in [0.4, 0.5) is 5.69 Å². The van der Waals surface area contributed by atoms with Gasteiger partial charge in [-0.3, -0.25) is 19.4 Å². The highest BCUT2D eigenvalue weighted by molar-refractivity contribution is 5.97. The van der Waals surface area contributed by atoms with Crippen LogP contribution in [0.15, 0.2) is 24.3 Å². The fourth-order valence-corrected chi connectivity index (χ4v) is 3.70. The van der Waals surface area contributed by atoms with Crippen molar-refractivity contribution >= 4 is 17.5 Å². The number of carbonyl (C=O) groups is 2. The summed E-state index contributed by atoms with van der Waals surface area (Å²) in [5.41, 5.74) is 0.843. The Morgan fingerprint density at radius 2 is 1.67 bits per heavy atom. The van der Waals surface area contributed by atoms with E-state index in [9.17, 15) is 14.7 Å². The number of anilines is 1. The third-order valence-electron chi connectivity index (χ3n) is 4.94. The average Bonchev–Trinajstić information content (AvgIpc) is 2.59. The lowest BCUT2D eigenvalue weighted by molar-refractivity contribution is -0.156. The number of piperidine rings is 1. The number of carbonyl (C=O) groups excluding carboxylic acids is 2. The zero-order valence-electron chi connectivity index (χ0n) is 14.1. The number of phenols is 1. The second-order valence-corrected chi connectivity index (χ2v) is 6.41. The third-order valence-corrected chi connectivity index (χ3v) is 4.94. The van der Waals surface area contributed by atoms with Gasteiger partial charge in [-0.15, -0.1) is 0 Å². The molecule has 0 spiro atoms. The van der Waals surface area contributed by atoms with E-state index in [1.807, 2.05) is 25.1 Å². The summed E-state index contributed by atoms with van der Waals surface area (Å²) in [6.45, 7) is 5.09. The number of likely N-dealkylation sites (tertiary alicyclic amines) is 1. The lowest BCUT2D eigenvalue weighted by Crippen LogP contribution is -2.59. The molecule has 1 atom stereocenters. The number of benzene rings is 1. The Kier molecular flexibility index (Phi) is 5.04. The number of imide groups is 1. The first-order valence-corrected chi connectivity index (χ1v) is 8.73. The van der Waals surface area contributed by atoms with Crippen molar-refractivity contribution in [2.24, 2.45) is 0 Å². The van der Waals surface area contributed by atoms with Gasteiger partial charge in [0.1, 0.15) is 5.75 Å². The fraction of sp³-hybridized carbons (Fsp3) is 0.556. The molecule has 0 bridgehead atoms. The summed E-state index contributed by atoms with van der Waals surface area (Å²) in [6.07, 6.45) is 2.22. The molecule has 0 radical (unpaired) electrons. The number of aromatic hydroxyl groups is 1. The maximum Gasteiger partial charge on any atom is 0.230 e. The van der Waals surface area contributed by atoms with E-state index in [0.29, 0.717) is 25.0 Å². The number of phenolic OH excluding ortho intramolecular Hbond substituents is 1.